The fourth-order valence-corrected chi connectivity index (χ4v) is 3.14. The van der Waals surface area contributed by atoms with Gasteiger partial charge in [0.2, 0.25) is 17.7 Å². The van der Waals surface area contributed by atoms with Gasteiger partial charge in [0.05, 0.1) is 31.6 Å². The van der Waals surface area contributed by atoms with Gasteiger partial charge in [-0.05, 0) is 12.1 Å². The van der Waals surface area contributed by atoms with E-state index in [0.717, 1.165) is 10.9 Å². The lowest BCUT2D eigenvalue weighted by Crippen LogP contribution is -2.18. The molecule has 146 valence electrons. The molecule has 28 heavy (non-hydrogen) atoms. The summed E-state index contributed by atoms with van der Waals surface area (Å²) in [5.74, 6) is -4.04. The molecule has 0 bridgehead atoms. The number of halogens is 2. The van der Waals surface area contributed by atoms with E-state index in [1.807, 2.05) is 17.7 Å². The summed E-state index contributed by atoms with van der Waals surface area (Å²) in [7, 11) is 4.82. The third kappa shape index (κ3) is 2.90. The van der Waals surface area contributed by atoms with Crippen molar-refractivity contribution in [3.05, 3.63) is 24.7 Å². The zero-order valence-electron chi connectivity index (χ0n) is 15.4. The van der Waals surface area contributed by atoms with Crippen LogP contribution < -0.4 is 14.8 Å². The van der Waals surface area contributed by atoms with Crippen molar-refractivity contribution in [1.82, 2.24) is 19.5 Å². The minimum atomic E-state index is -2.92. The first-order valence-corrected chi connectivity index (χ1v) is 8.43. The molecule has 3 heterocycles. The van der Waals surface area contributed by atoms with E-state index in [1.54, 1.807) is 12.3 Å². The van der Waals surface area contributed by atoms with E-state index < -0.39 is 24.2 Å². The Balaban J connectivity index is 1.73. The van der Waals surface area contributed by atoms with Gasteiger partial charge < -0.3 is 19.4 Å². The second-order valence-electron chi connectivity index (χ2n) is 6.49. The highest BCUT2D eigenvalue weighted by molar-refractivity contribution is 5.97. The van der Waals surface area contributed by atoms with E-state index in [9.17, 15) is 13.6 Å². The van der Waals surface area contributed by atoms with E-state index in [0.29, 0.717) is 23.0 Å². The number of aromatic nitrogens is 4. The predicted molar refractivity (Wildman–Crippen MR) is 96.5 cm³/mol. The second-order valence-corrected chi connectivity index (χ2v) is 6.49. The number of carbonyl (C=O) groups excluding carboxylic acids is 1. The highest BCUT2D eigenvalue weighted by Gasteiger charge is 2.61. The lowest BCUT2D eigenvalue weighted by molar-refractivity contribution is -0.119. The molecule has 0 spiro atoms. The Bertz CT molecular complexity index is 1060. The van der Waals surface area contributed by atoms with Gasteiger partial charge in [-0.2, -0.15) is 0 Å². The summed E-state index contributed by atoms with van der Waals surface area (Å²) in [6, 6.07) is 3.46. The van der Waals surface area contributed by atoms with Crippen LogP contribution in [-0.4, -0.2) is 45.6 Å². The fourth-order valence-electron chi connectivity index (χ4n) is 3.14. The number of amides is 1. The SMILES string of the molecule is COc1ncnc(OC)c1-c1cc2cc(NC(=O)[C@@H]3CC3(F)F)ncc2n1C. The molecule has 1 amide bonds. The number of aryl methyl sites for hydroxylation is 1. The van der Waals surface area contributed by atoms with Crippen molar-refractivity contribution in [3.8, 4) is 23.0 Å². The number of hydrogen-bond acceptors (Lipinski definition) is 6. The average molecular weight is 389 g/mol. The summed E-state index contributed by atoms with van der Waals surface area (Å²) in [4.78, 5) is 24.3. The molecule has 3 aromatic rings. The van der Waals surface area contributed by atoms with Crippen molar-refractivity contribution in [3.63, 3.8) is 0 Å². The molecule has 3 aromatic heterocycles. The van der Waals surface area contributed by atoms with Crippen LogP contribution in [0.1, 0.15) is 6.42 Å². The van der Waals surface area contributed by atoms with Gasteiger partial charge in [-0.3, -0.25) is 4.79 Å². The van der Waals surface area contributed by atoms with Crippen molar-refractivity contribution < 1.29 is 23.0 Å². The first-order valence-electron chi connectivity index (χ1n) is 8.43. The van der Waals surface area contributed by atoms with E-state index >= 15 is 0 Å². The summed E-state index contributed by atoms with van der Waals surface area (Å²) < 4.78 is 38.7. The normalized spacial score (nSPS) is 17.4. The number of carbonyl (C=O) groups is 1. The Labute approximate surface area is 158 Å². The van der Waals surface area contributed by atoms with Crippen molar-refractivity contribution in [2.75, 3.05) is 19.5 Å². The number of ether oxygens (including phenoxy) is 2. The minimum absolute atomic E-state index is 0.209. The number of anilines is 1. The van der Waals surface area contributed by atoms with E-state index in [-0.39, 0.29) is 5.82 Å². The van der Waals surface area contributed by atoms with Crippen LogP contribution >= 0.6 is 0 Å². The van der Waals surface area contributed by atoms with E-state index in [1.165, 1.54) is 20.5 Å². The molecule has 0 saturated heterocycles. The van der Waals surface area contributed by atoms with Gasteiger partial charge in [0, 0.05) is 18.9 Å². The number of alkyl halides is 2. The first-order chi connectivity index (χ1) is 13.4. The Kier molecular flexibility index (Phi) is 4.13. The number of nitrogens with zero attached hydrogens (tertiary/aromatic N) is 4. The molecule has 1 saturated carbocycles. The number of rotatable bonds is 5. The zero-order chi connectivity index (χ0) is 20.1. The first kappa shape index (κ1) is 18.1. The van der Waals surface area contributed by atoms with Crippen LogP contribution in [0.3, 0.4) is 0 Å². The molecule has 1 N–H and O–H groups in total. The number of nitrogens with one attached hydrogen (secondary N) is 1. The molecule has 0 aliphatic heterocycles. The molecule has 0 aromatic carbocycles. The summed E-state index contributed by atoms with van der Waals surface area (Å²) in [6.07, 6.45) is 2.47. The summed E-state index contributed by atoms with van der Waals surface area (Å²) >= 11 is 0. The highest BCUT2D eigenvalue weighted by atomic mass is 19.3. The average Bonchev–Trinajstić information content (AvgIpc) is 3.21. The monoisotopic (exact) mass is 389 g/mol. The Morgan fingerprint density at radius 3 is 2.43 bits per heavy atom. The van der Waals surface area contributed by atoms with Gasteiger partial charge >= 0.3 is 0 Å². The third-order valence-electron chi connectivity index (χ3n) is 4.74. The van der Waals surface area contributed by atoms with Gasteiger partial charge in [-0.25, -0.2) is 23.7 Å². The molecule has 1 aliphatic carbocycles. The maximum Gasteiger partial charge on any atom is 0.260 e. The van der Waals surface area contributed by atoms with Crippen LogP contribution in [0.4, 0.5) is 14.6 Å². The van der Waals surface area contributed by atoms with Gasteiger partial charge in [-0.1, -0.05) is 0 Å². The van der Waals surface area contributed by atoms with Gasteiger partial charge in [0.1, 0.15) is 23.6 Å². The molecule has 10 heteroatoms. The highest BCUT2D eigenvalue weighted by Crippen LogP contribution is 2.49. The summed E-state index contributed by atoms with van der Waals surface area (Å²) in [5.41, 5.74) is 2.04. The molecule has 0 unspecified atom stereocenters. The van der Waals surface area contributed by atoms with Crippen LogP contribution in [0.5, 0.6) is 11.8 Å². The maximum absolute atomic E-state index is 13.1. The third-order valence-corrected chi connectivity index (χ3v) is 4.74. The smallest absolute Gasteiger partial charge is 0.260 e. The van der Waals surface area contributed by atoms with Crippen molar-refractivity contribution in [2.24, 2.45) is 13.0 Å². The van der Waals surface area contributed by atoms with Gasteiger partial charge in [-0.15, -0.1) is 0 Å². The Hall–Kier alpha value is -3.30. The largest absolute Gasteiger partial charge is 0.480 e. The zero-order valence-corrected chi connectivity index (χ0v) is 15.4. The Morgan fingerprint density at radius 1 is 1.21 bits per heavy atom. The van der Waals surface area contributed by atoms with E-state index in [2.05, 4.69) is 20.3 Å². The molecule has 1 atom stereocenters. The molecule has 1 fully saturated rings. The lowest BCUT2D eigenvalue weighted by atomic mass is 10.2. The van der Waals surface area contributed by atoms with Gasteiger partial charge in [0.15, 0.2) is 0 Å². The van der Waals surface area contributed by atoms with Crippen LogP contribution in [0, 0.1) is 5.92 Å². The predicted octanol–water partition coefficient (Wildman–Crippen LogP) is 2.64. The molecular formula is C18H17F2N5O3. The number of pyridine rings is 1. The van der Waals surface area contributed by atoms with Crippen molar-refractivity contribution in [2.45, 2.75) is 12.3 Å². The molecule has 8 nitrogen and oxygen atoms in total. The Morgan fingerprint density at radius 2 is 1.86 bits per heavy atom. The van der Waals surface area contributed by atoms with Crippen LogP contribution in [0.2, 0.25) is 0 Å². The summed E-state index contributed by atoms with van der Waals surface area (Å²) in [5, 5.41) is 3.20. The lowest BCUT2D eigenvalue weighted by Gasteiger charge is -2.11. The number of methoxy groups -OCH3 is 2. The molecule has 1 aliphatic rings. The van der Waals surface area contributed by atoms with Crippen molar-refractivity contribution >= 4 is 22.6 Å². The van der Waals surface area contributed by atoms with Crippen LogP contribution in [0.25, 0.3) is 22.2 Å². The van der Waals surface area contributed by atoms with E-state index in [4.69, 9.17) is 9.47 Å². The summed E-state index contributed by atoms with van der Waals surface area (Å²) in [6.45, 7) is 0. The minimum Gasteiger partial charge on any atom is -0.480 e. The van der Waals surface area contributed by atoms with Gasteiger partial charge in [0.25, 0.3) is 5.92 Å². The van der Waals surface area contributed by atoms with Crippen molar-refractivity contribution in [1.29, 1.82) is 0 Å². The molecule has 0 radical (unpaired) electrons. The van der Waals surface area contributed by atoms with Crippen LogP contribution in [-0.2, 0) is 11.8 Å². The standard InChI is InChI=1S/C18H17F2N5O3/c1-25-11(14-16(27-2)22-8-23-17(14)28-3)4-9-5-13(21-7-12(9)25)24-15(26)10-6-18(10,19)20/h4-5,7-8,10H,6H2,1-3H3,(H,21,24,26)/t10-/m0/s1. The fraction of sp³-hybridized carbons (Fsp3) is 0.333. The molecule has 4 rings (SSSR count). The quantitative estimate of drug-likeness (QED) is 0.721. The topological polar surface area (TPSA) is 91.2 Å². The number of hydrogen-bond donors (Lipinski definition) is 1. The maximum atomic E-state index is 13.1. The second kappa shape index (κ2) is 6.39. The van der Waals surface area contributed by atoms with Crippen LogP contribution in [0.15, 0.2) is 24.7 Å². The number of fused-ring (bicyclic) bond motifs is 1. The molecular weight excluding hydrogens is 372 g/mol.